The van der Waals surface area contributed by atoms with Gasteiger partial charge in [0, 0.05) is 28.8 Å². The van der Waals surface area contributed by atoms with Crippen LogP contribution in [0.5, 0.6) is 0 Å². The third-order valence-corrected chi connectivity index (χ3v) is 5.25. The molecule has 1 aromatic heterocycles. The summed E-state index contributed by atoms with van der Waals surface area (Å²) in [6.45, 7) is 3.02. The molecule has 0 radical (unpaired) electrons. The number of anilines is 2. The van der Waals surface area contributed by atoms with E-state index < -0.39 is 0 Å². The maximum Gasteiger partial charge on any atom is 0.294 e. The molecule has 24 heavy (non-hydrogen) atoms. The quantitative estimate of drug-likeness (QED) is 0.658. The van der Waals surface area contributed by atoms with Crippen LogP contribution >= 0.6 is 43.5 Å². The summed E-state index contributed by atoms with van der Waals surface area (Å²) < 4.78 is 8.66. The van der Waals surface area contributed by atoms with E-state index in [4.69, 9.17) is 16.3 Å². The van der Waals surface area contributed by atoms with Gasteiger partial charge in [0.05, 0.1) is 18.3 Å². The van der Waals surface area contributed by atoms with Gasteiger partial charge >= 0.3 is 0 Å². The molecule has 0 bridgehead atoms. The van der Waals surface area contributed by atoms with Gasteiger partial charge in [-0.15, -0.1) is 0 Å². The van der Waals surface area contributed by atoms with Gasteiger partial charge in [-0.1, -0.05) is 27.5 Å². The first-order valence-corrected chi connectivity index (χ1v) is 9.42. The second kappa shape index (κ2) is 7.15. The van der Waals surface area contributed by atoms with Crippen molar-refractivity contribution < 1.29 is 4.74 Å². The Bertz CT molecular complexity index is 841. The summed E-state index contributed by atoms with van der Waals surface area (Å²) in [5, 5.41) is 0.286. The van der Waals surface area contributed by atoms with Gasteiger partial charge in [0.2, 0.25) is 5.82 Å². The molecule has 5 nitrogen and oxygen atoms in total. The van der Waals surface area contributed by atoms with Crippen molar-refractivity contribution >= 4 is 55.0 Å². The summed E-state index contributed by atoms with van der Waals surface area (Å²) in [6, 6.07) is 3.90. The van der Waals surface area contributed by atoms with Crippen molar-refractivity contribution in [3.63, 3.8) is 0 Å². The molecule has 0 fully saturated rings. The number of halogens is 3. The number of methoxy groups -OCH3 is 1. The lowest BCUT2D eigenvalue weighted by Gasteiger charge is -2.22. The number of aromatic nitrogens is 2. The maximum absolute atomic E-state index is 12.9. The van der Waals surface area contributed by atoms with E-state index in [1.165, 1.54) is 0 Å². The number of nitrogens with zero attached hydrogens (tertiary/aromatic N) is 3. The van der Waals surface area contributed by atoms with Crippen molar-refractivity contribution in [2.75, 3.05) is 25.2 Å². The van der Waals surface area contributed by atoms with Crippen molar-refractivity contribution in [2.45, 2.75) is 19.4 Å². The lowest BCUT2D eigenvalue weighted by Crippen LogP contribution is -2.32. The van der Waals surface area contributed by atoms with E-state index in [9.17, 15) is 4.79 Å². The molecule has 1 aliphatic rings. The summed E-state index contributed by atoms with van der Waals surface area (Å²) in [5.74, 6) is 0.340. The molecule has 2 heterocycles. The molecule has 0 saturated carbocycles. The van der Waals surface area contributed by atoms with Crippen molar-refractivity contribution in [3.8, 4) is 0 Å². The predicted octanol–water partition coefficient (Wildman–Crippen LogP) is 4.32. The molecule has 1 aliphatic heterocycles. The molecule has 128 valence electrons. The van der Waals surface area contributed by atoms with Crippen molar-refractivity contribution in [3.05, 3.63) is 48.3 Å². The van der Waals surface area contributed by atoms with Crippen LogP contribution in [0.4, 0.5) is 11.5 Å². The van der Waals surface area contributed by atoms with E-state index in [2.05, 4.69) is 42.9 Å². The molecule has 8 heteroatoms. The minimum Gasteiger partial charge on any atom is -0.383 e. The molecule has 0 unspecified atom stereocenters. The first-order valence-electron chi connectivity index (χ1n) is 7.45. The number of hydrogen-bond donors (Lipinski definition) is 0. The molecule has 1 atom stereocenters. The van der Waals surface area contributed by atoms with Gasteiger partial charge in [-0.3, -0.25) is 4.79 Å². The molecular formula is C16H16Br2ClN3O2. The van der Waals surface area contributed by atoms with Gasteiger partial charge in [-0.05, 0) is 47.0 Å². The summed E-state index contributed by atoms with van der Waals surface area (Å²) in [6.07, 6.45) is 2.40. The fraction of sp³-hybridized carbons (Fsp3) is 0.375. The standard InChI is InChI=1S/C16H16Br2ClN3O2/c1-9(8-24-2)22-7-13(19)20-15(16(22)23)21-4-3-10-5-11(17)6-12(18)14(10)21/h5-7,9H,3-4,8H2,1-2H3/t9-/m1/s1. The van der Waals surface area contributed by atoms with Crippen molar-refractivity contribution in [1.82, 2.24) is 9.55 Å². The van der Waals surface area contributed by atoms with Crippen LogP contribution in [0.3, 0.4) is 0 Å². The fourth-order valence-electron chi connectivity index (χ4n) is 2.96. The van der Waals surface area contributed by atoms with Gasteiger partial charge in [0.1, 0.15) is 5.15 Å². The largest absolute Gasteiger partial charge is 0.383 e. The second-order valence-electron chi connectivity index (χ2n) is 5.70. The molecule has 0 aliphatic carbocycles. The van der Waals surface area contributed by atoms with E-state index in [1.807, 2.05) is 17.9 Å². The molecule has 1 aromatic carbocycles. The molecule has 0 spiro atoms. The van der Waals surface area contributed by atoms with Gasteiger partial charge in [0.25, 0.3) is 5.56 Å². The van der Waals surface area contributed by atoms with E-state index >= 15 is 0 Å². The van der Waals surface area contributed by atoms with Crippen LogP contribution < -0.4 is 10.5 Å². The van der Waals surface area contributed by atoms with E-state index in [-0.39, 0.29) is 16.8 Å². The number of fused-ring (bicyclic) bond motifs is 1. The van der Waals surface area contributed by atoms with Gasteiger partial charge in [-0.25, -0.2) is 4.98 Å². The molecular weight excluding hydrogens is 461 g/mol. The van der Waals surface area contributed by atoms with Gasteiger partial charge < -0.3 is 14.2 Å². The van der Waals surface area contributed by atoms with Crippen LogP contribution in [0, 0.1) is 0 Å². The Labute approximate surface area is 161 Å². The summed E-state index contributed by atoms with van der Waals surface area (Å²) in [4.78, 5) is 19.2. The Balaban J connectivity index is 2.12. The van der Waals surface area contributed by atoms with Gasteiger partial charge in [0.15, 0.2) is 0 Å². The van der Waals surface area contributed by atoms with E-state index in [0.29, 0.717) is 19.0 Å². The summed E-state index contributed by atoms with van der Waals surface area (Å²) in [7, 11) is 1.61. The highest BCUT2D eigenvalue weighted by atomic mass is 79.9. The minimum atomic E-state index is -0.174. The Hall–Kier alpha value is -0.890. The zero-order valence-electron chi connectivity index (χ0n) is 13.2. The number of rotatable bonds is 4. The topological polar surface area (TPSA) is 47.4 Å². The SMILES string of the molecule is COC[C@@H](C)n1cc(Cl)nc(N2CCc3cc(Br)cc(Br)c32)c1=O. The lowest BCUT2D eigenvalue weighted by molar-refractivity contribution is 0.160. The number of hydrogen-bond acceptors (Lipinski definition) is 4. The smallest absolute Gasteiger partial charge is 0.294 e. The molecule has 2 aromatic rings. The highest BCUT2D eigenvalue weighted by Crippen LogP contribution is 2.40. The highest BCUT2D eigenvalue weighted by Gasteiger charge is 2.28. The van der Waals surface area contributed by atoms with Crippen LogP contribution in [0.1, 0.15) is 18.5 Å². The molecule has 0 saturated heterocycles. The van der Waals surface area contributed by atoms with E-state index in [0.717, 1.165) is 26.6 Å². The Morgan fingerprint density at radius 3 is 2.88 bits per heavy atom. The molecule has 3 rings (SSSR count). The summed E-state index contributed by atoms with van der Waals surface area (Å²) >= 11 is 13.3. The van der Waals surface area contributed by atoms with Crippen LogP contribution in [0.2, 0.25) is 5.15 Å². The fourth-order valence-corrected chi connectivity index (χ4v) is 4.67. The predicted molar refractivity (Wildman–Crippen MR) is 103 cm³/mol. The average molecular weight is 478 g/mol. The Morgan fingerprint density at radius 1 is 1.42 bits per heavy atom. The normalized spacial score (nSPS) is 14.8. The van der Waals surface area contributed by atoms with E-state index in [1.54, 1.807) is 17.9 Å². The monoisotopic (exact) mass is 475 g/mol. The Morgan fingerprint density at radius 2 is 2.17 bits per heavy atom. The van der Waals surface area contributed by atoms with Gasteiger partial charge in [-0.2, -0.15) is 0 Å². The van der Waals surface area contributed by atoms with Crippen LogP contribution in [0.15, 0.2) is 32.1 Å². The zero-order valence-corrected chi connectivity index (χ0v) is 17.2. The molecule has 0 amide bonds. The zero-order chi connectivity index (χ0) is 17.4. The van der Waals surface area contributed by atoms with Crippen LogP contribution in [-0.4, -0.2) is 29.8 Å². The Kier molecular flexibility index (Phi) is 5.34. The average Bonchev–Trinajstić information content (AvgIpc) is 2.93. The van der Waals surface area contributed by atoms with Crippen LogP contribution in [-0.2, 0) is 11.2 Å². The third-order valence-electron chi connectivity index (χ3n) is 4.00. The first kappa shape index (κ1) is 17.9. The summed E-state index contributed by atoms with van der Waals surface area (Å²) in [5.41, 5.74) is 1.96. The second-order valence-corrected chi connectivity index (χ2v) is 7.86. The third kappa shape index (κ3) is 3.27. The lowest BCUT2D eigenvalue weighted by atomic mass is 10.2. The molecule has 0 N–H and O–H groups in total. The van der Waals surface area contributed by atoms with Crippen LogP contribution in [0.25, 0.3) is 0 Å². The number of ether oxygens (including phenoxy) is 1. The van der Waals surface area contributed by atoms with Crippen molar-refractivity contribution in [1.29, 1.82) is 0 Å². The minimum absolute atomic E-state index is 0.128. The van der Waals surface area contributed by atoms with Crippen molar-refractivity contribution in [2.24, 2.45) is 0 Å². The maximum atomic E-state index is 12.9. The highest BCUT2D eigenvalue weighted by molar-refractivity contribution is 9.11. The first-order chi connectivity index (χ1) is 11.4. The number of benzene rings is 1.